The van der Waals surface area contributed by atoms with E-state index in [4.69, 9.17) is 4.98 Å². The summed E-state index contributed by atoms with van der Waals surface area (Å²) in [6, 6.07) is 10.5. The van der Waals surface area contributed by atoms with Gasteiger partial charge in [0.2, 0.25) is 0 Å². The zero-order valence-electron chi connectivity index (χ0n) is 9.85. The first kappa shape index (κ1) is 10.4. The number of nitrogens with one attached hydrogen (secondary N) is 1. The number of aromatic nitrogens is 2. The fourth-order valence-electron chi connectivity index (χ4n) is 2.36. The molecule has 0 saturated carbocycles. The number of aryl methyl sites for hydroxylation is 1. The van der Waals surface area contributed by atoms with Crippen LogP contribution in [0.4, 0.5) is 0 Å². The van der Waals surface area contributed by atoms with Crippen molar-refractivity contribution in [1.82, 2.24) is 15.3 Å². The van der Waals surface area contributed by atoms with Crippen molar-refractivity contribution in [3.8, 4) is 11.4 Å². The van der Waals surface area contributed by atoms with E-state index in [-0.39, 0.29) is 0 Å². The zero-order valence-corrected chi connectivity index (χ0v) is 9.85. The molecule has 1 atom stereocenters. The van der Waals surface area contributed by atoms with Gasteiger partial charge in [-0.25, -0.2) is 9.97 Å². The van der Waals surface area contributed by atoms with Gasteiger partial charge in [-0.05, 0) is 25.5 Å². The second kappa shape index (κ2) is 4.26. The number of nitrogens with zero attached hydrogens (tertiary/aromatic N) is 2. The maximum absolute atomic E-state index is 4.70. The van der Waals surface area contributed by atoms with Crippen molar-refractivity contribution in [3.63, 3.8) is 0 Å². The van der Waals surface area contributed by atoms with Crippen molar-refractivity contribution in [2.75, 3.05) is 7.05 Å². The molecule has 0 bridgehead atoms. The Morgan fingerprint density at radius 1 is 1.24 bits per heavy atom. The minimum Gasteiger partial charge on any atom is -0.312 e. The molecule has 0 spiro atoms. The van der Waals surface area contributed by atoms with Gasteiger partial charge >= 0.3 is 0 Å². The lowest BCUT2D eigenvalue weighted by Gasteiger charge is -2.09. The summed E-state index contributed by atoms with van der Waals surface area (Å²) in [6.07, 6.45) is 4.18. The Morgan fingerprint density at radius 2 is 2.06 bits per heavy atom. The van der Waals surface area contributed by atoms with Crippen LogP contribution in [0.5, 0.6) is 0 Å². The molecule has 1 aliphatic carbocycles. The average molecular weight is 225 g/mol. The van der Waals surface area contributed by atoms with Crippen LogP contribution in [0.25, 0.3) is 11.4 Å². The number of fused-ring (bicyclic) bond motifs is 1. The van der Waals surface area contributed by atoms with Gasteiger partial charge in [0, 0.05) is 17.8 Å². The van der Waals surface area contributed by atoms with Gasteiger partial charge in [-0.1, -0.05) is 30.3 Å². The van der Waals surface area contributed by atoms with E-state index >= 15 is 0 Å². The molecule has 0 amide bonds. The highest BCUT2D eigenvalue weighted by Crippen LogP contribution is 2.29. The van der Waals surface area contributed by atoms with Crippen molar-refractivity contribution in [3.05, 3.63) is 47.8 Å². The van der Waals surface area contributed by atoms with E-state index in [0.717, 1.165) is 24.2 Å². The van der Waals surface area contributed by atoms with E-state index in [1.54, 1.807) is 0 Å². The molecule has 3 rings (SSSR count). The second-order valence-electron chi connectivity index (χ2n) is 4.35. The fraction of sp³-hybridized carbons (Fsp3) is 0.286. The van der Waals surface area contributed by atoms with Crippen LogP contribution in [0.3, 0.4) is 0 Å². The molecule has 17 heavy (non-hydrogen) atoms. The molecular formula is C14H15N3. The van der Waals surface area contributed by atoms with E-state index in [1.165, 1.54) is 11.3 Å². The van der Waals surface area contributed by atoms with Gasteiger partial charge in [0.05, 0.1) is 5.69 Å². The molecule has 1 aliphatic rings. The fourth-order valence-corrected chi connectivity index (χ4v) is 2.36. The molecule has 1 aromatic carbocycles. The number of rotatable bonds is 2. The second-order valence-corrected chi connectivity index (χ2v) is 4.35. The Bertz CT molecular complexity index is 522. The lowest BCUT2D eigenvalue weighted by atomic mass is 10.2. The van der Waals surface area contributed by atoms with Crippen molar-refractivity contribution >= 4 is 0 Å². The highest BCUT2D eigenvalue weighted by atomic mass is 15.0. The minimum absolute atomic E-state index is 0.385. The summed E-state index contributed by atoms with van der Waals surface area (Å²) in [5.41, 5.74) is 3.53. The molecule has 0 radical (unpaired) electrons. The standard InChI is InChI=1S/C14H15N3/c1-15-12-8-7-11-9-16-14(17-13(11)12)10-5-3-2-4-6-10/h2-6,9,12,15H,7-8H2,1H3. The van der Waals surface area contributed by atoms with E-state index in [9.17, 15) is 0 Å². The Balaban J connectivity index is 2.04. The highest BCUT2D eigenvalue weighted by Gasteiger charge is 2.23. The van der Waals surface area contributed by atoms with E-state index in [1.807, 2.05) is 43.6 Å². The number of benzene rings is 1. The number of hydrogen-bond acceptors (Lipinski definition) is 3. The molecule has 0 saturated heterocycles. The van der Waals surface area contributed by atoms with Crippen molar-refractivity contribution in [2.24, 2.45) is 0 Å². The molecule has 1 N–H and O–H groups in total. The highest BCUT2D eigenvalue weighted by molar-refractivity contribution is 5.55. The normalized spacial score (nSPS) is 18.1. The number of hydrogen-bond donors (Lipinski definition) is 1. The summed E-state index contributed by atoms with van der Waals surface area (Å²) in [5.74, 6) is 0.825. The smallest absolute Gasteiger partial charge is 0.159 e. The Labute approximate surface area is 101 Å². The molecule has 0 fully saturated rings. The summed E-state index contributed by atoms with van der Waals surface area (Å²) in [4.78, 5) is 9.15. The van der Waals surface area contributed by atoms with Crippen molar-refractivity contribution in [2.45, 2.75) is 18.9 Å². The monoisotopic (exact) mass is 225 g/mol. The van der Waals surface area contributed by atoms with Gasteiger partial charge in [0.25, 0.3) is 0 Å². The van der Waals surface area contributed by atoms with Crippen LogP contribution in [0.1, 0.15) is 23.7 Å². The predicted octanol–water partition coefficient (Wildman–Crippen LogP) is 2.35. The predicted molar refractivity (Wildman–Crippen MR) is 67.6 cm³/mol. The van der Waals surface area contributed by atoms with Crippen LogP contribution in [-0.4, -0.2) is 17.0 Å². The average Bonchev–Trinajstić information content (AvgIpc) is 2.81. The van der Waals surface area contributed by atoms with Crippen molar-refractivity contribution in [1.29, 1.82) is 0 Å². The maximum Gasteiger partial charge on any atom is 0.159 e. The largest absolute Gasteiger partial charge is 0.312 e. The molecule has 3 nitrogen and oxygen atoms in total. The molecule has 1 heterocycles. The molecular weight excluding hydrogens is 210 g/mol. The van der Waals surface area contributed by atoms with Gasteiger partial charge < -0.3 is 5.32 Å². The van der Waals surface area contributed by atoms with Crippen LogP contribution in [-0.2, 0) is 6.42 Å². The SMILES string of the molecule is CNC1CCc2cnc(-c3ccccc3)nc21. The lowest BCUT2D eigenvalue weighted by molar-refractivity contribution is 0.579. The summed E-state index contributed by atoms with van der Waals surface area (Å²) in [5, 5.41) is 3.31. The Morgan fingerprint density at radius 3 is 2.82 bits per heavy atom. The first-order valence-electron chi connectivity index (χ1n) is 5.97. The first-order chi connectivity index (χ1) is 8.38. The van der Waals surface area contributed by atoms with E-state index < -0.39 is 0 Å². The van der Waals surface area contributed by atoms with Gasteiger partial charge in [0.15, 0.2) is 5.82 Å². The summed E-state index contributed by atoms with van der Waals surface area (Å²) < 4.78 is 0. The minimum atomic E-state index is 0.385. The van der Waals surface area contributed by atoms with Crippen LogP contribution in [0.2, 0.25) is 0 Å². The van der Waals surface area contributed by atoms with Crippen LogP contribution in [0, 0.1) is 0 Å². The summed E-state index contributed by atoms with van der Waals surface area (Å²) >= 11 is 0. The quantitative estimate of drug-likeness (QED) is 0.852. The first-order valence-corrected chi connectivity index (χ1v) is 5.97. The van der Waals surface area contributed by atoms with Crippen LogP contribution >= 0.6 is 0 Å². The summed E-state index contributed by atoms with van der Waals surface area (Å²) in [6.45, 7) is 0. The third-order valence-electron chi connectivity index (χ3n) is 3.31. The molecule has 1 aromatic heterocycles. The molecule has 1 unspecified atom stereocenters. The maximum atomic E-state index is 4.70. The Kier molecular flexibility index (Phi) is 2.61. The van der Waals surface area contributed by atoms with Gasteiger partial charge in [-0.2, -0.15) is 0 Å². The molecule has 2 aromatic rings. The van der Waals surface area contributed by atoms with Gasteiger partial charge in [-0.15, -0.1) is 0 Å². The third kappa shape index (κ3) is 1.83. The third-order valence-corrected chi connectivity index (χ3v) is 3.31. The Hall–Kier alpha value is -1.74. The van der Waals surface area contributed by atoms with Crippen LogP contribution in [0.15, 0.2) is 36.5 Å². The topological polar surface area (TPSA) is 37.8 Å². The van der Waals surface area contributed by atoms with E-state index in [0.29, 0.717) is 6.04 Å². The van der Waals surface area contributed by atoms with Gasteiger partial charge in [-0.3, -0.25) is 0 Å². The van der Waals surface area contributed by atoms with Crippen molar-refractivity contribution < 1.29 is 0 Å². The van der Waals surface area contributed by atoms with Gasteiger partial charge in [0.1, 0.15) is 0 Å². The zero-order chi connectivity index (χ0) is 11.7. The molecule has 3 heteroatoms. The molecule has 86 valence electrons. The lowest BCUT2D eigenvalue weighted by Crippen LogP contribution is -2.14. The summed E-state index contributed by atoms with van der Waals surface area (Å²) in [7, 11) is 1.99. The molecule has 0 aliphatic heterocycles. The van der Waals surface area contributed by atoms with E-state index in [2.05, 4.69) is 10.3 Å². The van der Waals surface area contributed by atoms with Crippen LogP contribution < -0.4 is 5.32 Å².